The largest absolute Gasteiger partial charge is 0.457 e. The molecular weight excluding hydrogens is 330 g/mol. The molecule has 2 N–H and O–H groups in total. The Morgan fingerprint density at radius 2 is 1.69 bits per heavy atom. The number of H-pyrrole nitrogens is 1. The lowest BCUT2D eigenvalue weighted by molar-refractivity contribution is 0.0948. The number of hydrogen-bond acceptors (Lipinski definition) is 4. The molecule has 1 aromatic heterocycles. The maximum atomic E-state index is 12.3. The van der Waals surface area contributed by atoms with Gasteiger partial charge in [-0.05, 0) is 49.2 Å². The summed E-state index contributed by atoms with van der Waals surface area (Å²) in [6.07, 6.45) is 0. The second kappa shape index (κ2) is 7.65. The summed E-state index contributed by atoms with van der Waals surface area (Å²) in [5.41, 5.74) is 1.72. The second-order valence-electron chi connectivity index (χ2n) is 5.88. The average molecular weight is 349 g/mol. The van der Waals surface area contributed by atoms with Crippen molar-refractivity contribution in [1.82, 2.24) is 15.5 Å². The molecule has 1 heterocycles. The van der Waals surface area contributed by atoms with E-state index in [1.54, 1.807) is 13.8 Å². The Kier molecular flexibility index (Phi) is 5.12. The molecule has 0 aliphatic rings. The van der Waals surface area contributed by atoms with Crippen molar-refractivity contribution >= 4 is 5.91 Å². The predicted octanol–water partition coefficient (Wildman–Crippen LogP) is 3.11. The number of rotatable bonds is 5. The van der Waals surface area contributed by atoms with E-state index in [0.29, 0.717) is 23.6 Å². The lowest BCUT2D eigenvalue weighted by Crippen LogP contribution is -2.31. The minimum atomic E-state index is -0.489. The first-order chi connectivity index (χ1) is 12.5. The molecular formula is C20H19N3O3. The van der Waals surface area contributed by atoms with Gasteiger partial charge < -0.3 is 10.1 Å². The molecule has 3 aromatic rings. The normalized spacial score (nSPS) is 10.4. The lowest BCUT2D eigenvalue weighted by atomic mass is 10.1. The van der Waals surface area contributed by atoms with Crippen molar-refractivity contribution in [1.29, 1.82) is 0 Å². The summed E-state index contributed by atoms with van der Waals surface area (Å²) in [5, 5.41) is 8.95. The Morgan fingerprint density at radius 1 is 1.04 bits per heavy atom. The third-order valence-corrected chi connectivity index (χ3v) is 4.05. The fourth-order valence-electron chi connectivity index (χ4n) is 2.47. The first-order valence-electron chi connectivity index (χ1n) is 8.20. The number of para-hydroxylation sites is 1. The maximum absolute atomic E-state index is 12.3. The number of carbonyl (C=O) groups excluding carboxylic acids is 1. The van der Waals surface area contributed by atoms with Crippen LogP contribution in [-0.4, -0.2) is 16.1 Å². The van der Waals surface area contributed by atoms with E-state index < -0.39 is 11.5 Å². The first-order valence-corrected chi connectivity index (χ1v) is 8.20. The van der Waals surface area contributed by atoms with E-state index in [4.69, 9.17) is 4.74 Å². The topological polar surface area (TPSA) is 84.1 Å². The van der Waals surface area contributed by atoms with E-state index in [0.717, 1.165) is 11.3 Å². The Hall–Kier alpha value is -3.41. The molecule has 3 rings (SSSR count). The number of amides is 1. The molecule has 0 aliphatic heterocycles. The van der Waals surface area contributed by atoms with Crippen molar-refractivity contribution in [3.8, 4) is 11.5 Å². The van der Waals surface area contributed by atoms with Gasteiger partial charge >= 0.3 is 0 Å². The highest BCUT2D eigenvalue weighted by Crippen LogP contribution is 2.21. The van der Waals surface area contributed by atoms with Crippen LogP contribution in [0.3, 0.4) is 0 Å². The molecule has 0 saturated heterocycles. The van der Waals surface area contributed by atoms with Gasteiger partial charge in [-0.1, -0.05) is 30.3 Å². The fourth-order valence-corrected chi connectivity index (χ4v) is 2.47. The van der Waals surface area contributed by atoms with Crippen LogP contribution in [0.5, 0.6) is 11.5 Å². The smallest absolute Gasteiger partial charge is 0.277 e. The predicted molar refractivity (Wildman–Crippen MR) is 98.5 cm³/mol. The van der Waals surface area contributed by atoms with Gasteiger partial charge in [0, 0.05) is 6.54 Å². The molecule has 0 radical (unpaired) electrons. The zero-order valence-electron chi connectivity index (χ0n) is 14.6. The van der Waals surface area contributed by atoms with Crippen molar-refractivity contribution in [3.05, 3.63) is 87.3 Å². The molecule has 2 aromatic carbocycles. The molecule has 0 fully saturated rings. The molecule has 6 heteroatoms. The number of ether oxygens (including phenoxy) is 1. The molecule has 0 atom stereocenters. The average Bonchev–Trinajstić information content (AvgIpc) is 2.65. The Morgan fingerprint density at radius 3 is 2.38 bits per heavy atom. The van der Waals surface area contributed by atoms with Crippen LogP contribution in [0, 0.1) is 13.8 Å². The van der Waals surface area contributed by atoms with Crippen molar-refractivity contribution in [3.63, 3.8) is 0 Å². The van der Waals surface area contributed by atoms with E-state index in [-0.39, 0.29) is 5.56 Å². The van der Waals surface area contributed by atoms with Crippen molar-refractivity contribution in [2.75, 3.05) is 0 Å². The van der Waals surface area contributed by atoms with Gasteiger partial charge in [-0.15, -0.1) is 0 Å². The monoisotopic (exact) mass is 349 g/mol. The van der Waals surface area contributed by atoms with Gasteiger partial charge in [-0.25, -0.2) is 5.10 Å². The molecule has 0 saturated carbocycles. The third-order valence-electron chi connectivity index (χ3n) is 4.05. The Balaban J connectivity index is 1.64. The van der Waals surface area contributed by atoms with Crippen LogP contribution >= 0.6 is 0 Å². The second-order valence-corrected chi connectivity index (χ2v) is 5.88. The van der Waals surface area contributed by atoms with E-state index in [9.17, 15) is 9.59 Å². The molecule has 1 amide bonds. The van der Waals surface area contributed by atoms with Crippen LogP contribution in [0.1, 0.15) is 27.2 Å². The van der Waals surface area contributed by atoms with Crippen LogP contribution in [0.4, 0.5) is 0 Å². The quantitative estimate of drug-likeness (QED) is 0.741. The number of carbonyl (C=O) groups is 1. The van der Waals surface area contributed by atoms with Crippen LogP contribution < -0.4 is 15.6 Å². The summed E-state index contributed by atoms with van der Waals surface area (Å²) < 4.78 is 5.73. The van der Waals surface area contributed by atoms with Gasteiger partial charge in [0.2, 0.25) is 0 Å². The third kappa shape index (κ3) is 3.97. The van der Waals surface area contributed by atoms with Crippen LogP contribution in [0.25, 0.3) is 0 Å². The number of aromatic nitrogens is 2. The Bertz CT molecular complexity index is 964. The molecule has 0 aliphatic carbocycles. The van der Waals surface area contributed by atoms with E-state index in [1.165, 1.54) is 0 Å². The summed E-state index contributed by atoms with van der Waals surface area (Å²) in [4.78, 5) is 24.2. The van der Waals surface area contributed by atoms with Gasteiger partial charge in [0.05, 0.1) is 5.69 Å². The number of aryl methyl sites for hydroxylation is 1. The lowest BCUT2D eigenvalue weighted by Gasteiger charge is -2.09. The number of nitrogens with zero attached hydrogens (tertiary/aromatic N) is 1. The minimum absolute atomic E-state index is 0.0986. The first kappa shape index (κ1) is 17.4. The molecule has 26 heavy (non-hydrogen) atoms. The number of aromatic amines is 1. The molecule has 0 bridgehead atoms. The molecule has 0 unspecified atom stereocenters. The fraction of sp³-hybridized carbons (Fsp3) is 0.150. The zero-order valence-corrected chi connectivity index (χ0v) is 14.6. The molecule has 0 spiro atoms. The Labute approximate surface area is 150 Å². The van der Waals surface area contributed by atoms with E-state index in [2.05, 4.69) is 15.5 Å². The van der Waals surface area contributed by atoms with Gasteiger partial charge in [0.15, 0.2) is 0 Å². The number of nitrogens with one attached hydrogen (secondary N) is 2. The summed E-state index contributed by atoms with van der Waals surface area (Å²) in [7, 11) is 0. The van der Waals surface area contributed by atoms with Gasteiger partial charge in [-0.2, -0.15) is 5.10 Å². The van der Waals surface area contributed by atoms with E-state index >= 15 is 0 Å². The standard InChI is InChI=1S/C20H19N3O3/c1-13-14(2)22-23-20(25)18(13)19(24)21-12-15-8-10-17(11-9-15)26-16-6-4-3-5-7-16/h3-11H,12H2,1-2H3,(H,21,24)(H,23,25). The van der Waals surface area contributed by atoms with Gasteiger partial charge in [0.25, 0.3) is 11.5 Å². The summed E-state index contributed by atoms with van der Waals surface area (Å²) in [6, 6.07) is 16.9. The van der Waals surface area contributed by atoms with Crippen LogP contribution in [0.2, 0.25) is 0 Å². The number of hydrogen-bond donors (Lipinski definition) is 2. The summed E-state index contributed by atoms with van der Waals surface area (Å²) >= 11 is 0. The van der Waals surface area contributed by atoms with Crippen LogP contribution in [0.15, 0.2) is 59.4 Å². The number of benzene rings is 2. The maximum Gasteiger partial charge on any atom is 0.277 e. The highest BCUT2D eigenvalue weighted by Gasteiger charge is 2.15. The summed E-state index contributed by atoms with van der Waals surface area (Å²) in [6.45, 7) is 3.76. The SMILES string of the molecule is Cc1n[nH]c(=O)c(C(=O)NCc2ccc(Oc3ccccc3)cc2)c1C. The van der Waals surface area contributed by atoms with Crippen molar-refractivity contribution in [2.45, 2.75) is 20.4 Å². The van der Waals surface area contributed by atoms with Gasteiger partial charge in [-0.3, -0.25) is 9.59 Å². The zero-order chi connectivity index (χ0) is 18.5. The highest BCUT2D eigenvalue weighted by atomic mass is 16.5. The molecule has 6 nitrogen and oxygen atoms in total. The molecule has 132 valence electrons. The van der Waals surface area contributed by atoms with Crippen molar-refractivity contribution in [2.24, 2.45) is 0 Å². The minimum Gasteiger partial charge on any atom is -0.457 e. The van der Waals surface area contributed by atoms with Gasteiger partial charge in [0.1, 0.15) is 17.1 Å². The van der Waals surface area contributed by atoms with E-state index in [1.807, 2.05) is 54.6 Å². The van der Waals surface area contributed by atoms with Crippen molar-refractivity contribution < 1.29 is 9.53 Å². The summed E-state index contributed by atoms with van der Waals surface area (Å²) in [5.74, 6) is 1.05. The van der Waals surface area contributed by atoms with Crippen LogP contribution in [-0.2, 0) is 6.54 Å². The highest BCUT2D eigenvalue weighted by molar-refractivity contribution is 5.95.